The molecule has 0 aliphatic carbocycles. The van der Waals surface area contributed by atoms with Crippen LogP contribution in [0.5, 0.6) is 0 Å². The van der Waals surface area contributed by atoms with Crippen LogP contribution in [0.3, 0.4) is 0 Å². The molecule has 0 radical (unpaired) electrons. The van der Waals surface area contributed by atoms with E-state index >= 15 is 0 Å². The SMILES string of the molecule is CC/C=C\C/C=C\C/C=C\C/C=C\C/C=C\CCCCCCCCCCCCCC(=O)OCC(COP(=O)(O)OCC(O)COP(=O)(O)OCC(O)COC(=O)CCCCCCCCCCCCCCC/C=C\C/C=C\C/C=C\C/C=C\CCCCC)OC(=O)CCCCCCCCC/C=C\C/C=C\C/C=C\C/C=C\CCCCC. The Labute approximate surface area is 701 Å². The number of ether oxygens (including phenoxy) is 3. The van der Waals surface area contributed by atoms with Gasteiger partial charge in [0.1, 0.15) is 25.4 Å². The molecular formula is C97H166O16P2. The molecule has 660 valence electrons. The molecule has 0 saturated heterocycles. The van der Waals surface area contributed by atoms with Crippen molar-refractivity contribution in [1.82, 2.24) is 0 Å². The van der Waals surface area contributed by atoms with E-state index in [0.29, 0.717) is 19.3 Å². The molecule has 4 N–H and O–H groups in total. The van der Waals surface area contributed by atoms with Gasteiger partial charge in [-0.2, -0.15) is 0 Å². The highest BCUT2D eigenvalue weighted by atomic mass is 31.2. The number of phosphoric ester groups is 2. The summed E-state index contributed by atoms with van der Waals surface area (Å²) in [6.07, 6.45) is 113. The summed E-state index contributed by atoms with van der Waals surface area (Å²) < 4.78 is 61.5. The number of rotatable bonds is 86. The van der Waals surface area contributed by atoms with Crippen molar-refractivity contribution in [2.75, 3.05) is 39.6 Å². The monoisotopic (exact) mass is 1650 g/mol. The highest BCUT2D eigenvalue weighted by Gasteiger charge is 2.29. The predicted molar refractivity (Wildman–Crippen MR) is 482 cm³/mol. The Morgan fingerprint density at radius 1 is 0.252 bits per heavy atom. The van der Waals surface area contributed by atoms with Gasteiger partial charge in [0.05, 0.1) is 26.4 Å². The third-order valence-electron chi connectivity index (χ3n) is 19.2. The Kier molecular flexibility index (Phi) is 84.7. The maximum Gasteiger partial charge on any atom is 0.472 e. The van der Waals surface area contributed by atoms with Gasteiger partial charge in [0.2, 0.25) is 0 Å². The highest BCUT2D eigenvalue weighted by Crippen LogP contribution is 2.45. The minimum Gasteiger partial charge on any atom is -0.463 e. The van der Waals surface area contributed by atoms with E-state index in [1.807, 2.05) is 0 Å². The van der Waals surface area contributed by atoms with Gasteiger partial charge >= 0.3 is 33.6 Å². The smallest absolute Gasteiger partial charge is 0.463 e. The van der Waals surface area contributed by atoms with E-state index in [0.717, 1.165) is 173 Å². The summed E-state index contributed by atoms with van der Waals surface area (Å²) >= 11 is 0. The second kappa shape index (κ2) is 88.5. The van der Waals surface area contributed by atoms with Gasteiger partial charge in [-0.05, 0) is 154 Å². The summed E-state index contributed by atoms with van der Waals surface area (Å²) in [6, 6.07) is 0. The first-order chi connectivity index (χ1) is 56.2. The van der Waals surface area contributed by atoms with Crippen molar-refractivity contribution in [3.8, 4) is 0 Å². The Bertz CT molecular complexity index is 2720. The fourth-order valence-corrected chi connectivity index (χ4v) is 13.9. The molecule has 0 saturated carbocycles. The molecule has 0 aromatic rings. The number of phosphoric acid groups is 2. The standard InChI is InChI=1S/C97H166O16P2/c1-4-7-10-13-16-19-22-25-28-31-34-37-40-42-44-45-47-49-51-53-56-59-62-65-68-71-74-77-80-83-95(100)107-86-92(98)87-109-114(103,104)110-88-93(99)89-111-115(105,106)112-91-94(113-97(102)85-82-79-76-73-70-67-64-61-58-55-50-39-36-33-30-27-24-21-18-15-12-9-6-3)90-108-96(101)84-81-78-75-72-69-66-63-60-57-54-52-48-46-43-41-38-35-32-29-26-23-20-17-14-11-8-5-2/h8,11,16-21,25-30,34-39,42-44,46,55,58,92-94,98-99H,4-7,9-10,12-15,22-24,31-33,40-41,45,47-54,56-57,59-91H2,1-3H3,(H,103,104)(H,105,106)/b11-8-,19-16-,20-17-,21-18-,28-25-,29-26-,30-27-,37-34-,38-35-,39-36-,44-42-,46-43-,58-55-. The first-order valence-corrected chi connectivity index (χ1v) is 48.8. The first kappa shape index (κ1) is 110. The molecule has 0 bridgehead atoms. The van der Waals surface area contributed by atoms with Crippen molar-refractivity contribution < 1.29 is 75.8 Å². The average molecular weight is 1650 g/mol. The summed E-state index contributed by atoms with van der Waals surface area (Å²) in [4.78, 5) is 59.0. The van der Waals surface area contributed by atoms with Crippen LogP contribution < -0.4 is 0 Å². The third-order valence-corrected chi connectivity index (χ3v) is 21.1. The number of allylic oxidation sites excluding steroid dienone is 26. The van der Waals surface area contributed by atoms with Gasteiger partial charge < -0.3 is 34.2 Å². The lowest BCUT2D eigenvalue weighted by Gasteiger charge is -2.21. The van der Waals surface area contributed by atoms with Crippen LogP contribution in [-0.4, -0.2) is 95.9 Å². The Morgan fingerprint density at radius 2 is 0.461 bits per heavy atom. The van der Waals surface area contributed by atoms with Crippen molar-refractivity contribution in [3.63, 3.8) is 0 Å². The summed E-state index contributed by atoms with van der Waals surface area (Å²) in [5.74, 6) is -1.58. The Morgan fingerprint density at radius 3 is 0.730 bits per heavy atom. The second-order valence-corrected chi connectivity index (χ2v) is 33.3. The molecule has 18 heteroatoms. The molecule has 0 heterocycles. The zero-order valence-corrected chi connectivity index (χ0v) is 74.5. The number of aliphatic hydroxyl groups excluding tert-OH is 2. The number of unbranched alkanes of at least 4 members (excludes halogenated alkanes) is 37. The van der Waals surface area contributed by atoms with E-state index in [-0.39, 0.29) is 19.3 Å². The summed E-state index contributed by atoms with van der Waals surface area (Å²) in [5, 5.41) is 20.7. The maximum absolute atomic E-state index is 13.1. The first-order valence-electron chi connectivity index (χ1n) is 45.8. The zero-order valence-electron chi connectivity index (χ0n) is 72.7. The van der Waals surface area contributed by atoms with Crippen LogP contribution in [0.2, 0.25) is 0 Å². The van der Waals surface area contributed by atoms with Gasteiger partial charge in [0, 0.05) is 19.3 Å². The average Bonchev–Trinajstić information content (AvgIpc) is 0.900. The van der Waals surface area contributed by atoms with Gasteiger partial charge in [0.15, 0.2) is 6.10 Å². The number of aliphatic hydroxyl groups is 2. The van der Waals surface area contributed by atoms with E-state index < -0.39 is 91.5 Å². The summed E-state index contributed by atoms with van der Waals surface area (Å²) in [7, 11) is -9.82. The van der Waals surface area contributed by atoms with Crippen molar-refractivity contribution in [2.45, 2.75) is 399 Å². The van der Waals surface area contributed by atoms with Crippen molar-refractivity contribution in [3.05, 3.63) is 158 Å². The van der Waals surface area contributed by atoms with Crippen LogP contribution >= 0.6 is 15.6 Å². The molecule has 115 heavy (non-hydrogen) atoms. The zero-order chi connectivity index (χ0) is 83.6. The number of hydrogen-bond acceptors (Lipinski definition) is 14. The van der Waals surface area contributed by atoms with E-state index in [9.17, 15) is 43.5 Å². The van der Waals surface area contributed by atoms with Crippen LogP contribution in [0.25, 0.3) is 0 Å². The second-order valence-electron chi connectivity index (χ2n) is 30.4. The molecule has 0 fully saturated rings. The van der Waals surface area contributed by atoms with Crippen molar-refractivity contribution >= 4 is 33.6 Å². The normalized spacial score (nSPS) is 14.5. The minimum absolute atomic E-state index is 0.0878. The molecular weight excluding hydrogens is 1480 g/mol. The molecule has 0 aliphatic heterocycles. The molecule has 5 atom stereocenters. The fourth-order valence-electron chi connectivity index (χ4n) is 12.3. The van der Waals surface area contributed by atoms with Crippen molar-refractivity contribution in [2.24, 2.45) is 0 Å². The predicted octanol–water partition coefficient (Wildman–Crippen LogP) is 28.1. The fraction of sp³-hybridized carbons (Fsp3) is 0.701. The number of carbonyl (C=O) groups excluding carboxylic acids is 3. The molecule has 0 aliphatic rings. The Hall–Kier alpha value is -4.83. The molecule has 0 amide bonds. The van der Waals surface area contributed by atoms with E-state index in [4.69, 9.17) is 32.3 Å². The van der Waals surface area contributed by atoms with Gasteiger partial charge in [0.25, 0.3) is 0 Å². The molecule has 0 rings (SSSR count). The highest BCUT2D eigenvalue weighted by molar-refractivity contribution is 7.47. The lowest BCUT2D eigenvalue weighted by atomic mass is 10.0. The largest absolute Gasteiger partial charge is 0.472 e. The summed E-state index contributed by atoms with van der Waals surface area (Å²) in [5.41, 5.74) is 0. The minimum atomic E-state index is -4.95. The van der Waals surface area contributed by atoms with Gasteiger partial charge in [-0.25, -0.2) is 9.13 Å². The van der Waals surface area contributed by atoms with Crippen LogP contribution in [-0.2, 0) is 55.8 Å². The summed E-state index contributed by atoms with van der Waals surface area (Å²) in [6.45, 7) is 2.54. The molecule has 0 aromatic heterocycles. The Balaban J connectivity index is 4.65. The maximum atomic E-state index is 13.1. The molecule has 16 nitrogen and oxygen atoms in total. The van der Waals surface area contributed by atoms with E-state index in [1.165, 1.54) is 148 Å². The van der Waals surface area contributed by atoms with Crippen LogP contribution in [0.1, 0.15) is 380 Å². The van der Waals surface area contributed by atoms with Crippen molar-refractivity contribution in [1.29, 1.82) is 0 Å². The topological polar surface area (TPSA) is 231 Å². The lowest BCUT2D eigenvalue weighted by Crippen LogP contribution is -2.30. The van der Waals surface area contributed by atoms with Gasteiger partial charge in [-0.3, -0.25) is 32.5 Å². The van der Waals surface area contributed by atoms with Gasteiger partial charge in [-0.15, -0.1) is 0 Å². The molecule has 5 unspecified atom stereocenters. The molecule has 0 aromatic carbocycles. The number of hydrogen-bond donors (Lipinski definition) is 4. The number of esters is 3. The lowest BCUT2D eigenvalue weighted by molar-refractivity contribution is -0.161. The van der Waals surface area contributed by atoms with E-state index in [2.05, 4.69) is 179 Å². The van der Waals surface area contributed by atoms with E-state index in [1.54, 1.807) is 0 Å². The molecule has 0 spiro atoms. The van der Waals surface area contributed by atoms with Gasteiger partial charge in [-0.1, -0.05) is 365 Å². The van der Waals surface area contributed by atoms with Crippen LogP contribution in [0.4, 0.5) is 0 Å². The van der Waals surface area contributed by atoms with Crippen LogP contribution in [0.15, 0.2) is 158 Å². The third kappa shape index (κ3) is 89.8. The number of carbonyl (C=O) groups is 3. The quantitative estimate of drug-likeness (QED) is 0.0146. The van der Waals surface area contributed by atoms with Crippen LogP contribution in [0, 0.1) is 0 Å².